The van der Waals surface area contributed by atoms with Crippen LogP contribution in [0.2, 0.25) is 5.02 Å². The molecular formula is C14H14ClFN2O. The van der Waals surface area contributed by atoms with Crippen LogP contribution in [-0.4, -0.2) is 12.0 Å². The Bertz CT molecular complexity index is 590. The van der Waals surface area contributed by atoms with Crippen LogP contribution in [0.15, 0.2) is 30.5 Å². The number of aryl methyl sites for hydroxylation is 1. The number of pyridine rings is 1. The Balaban J connectivity index is 2.20. The summed E-state index contributed by atoms with van der Waals surface area (Å²) in [4.78, 5) is 4.23. The Morgan fingerprint density at radius 1 is 1.37 bits per heavy atom. The number of ether oxygens (including phenoxy) is 1. The fraction of sp³-hybridized carbons (Fsp3) is 0.214. The van der Waals surface area contributed by atoms with Crippen molar-refractivity contribution < 1.29 is 9.13 Å². The maximum absolute atomic E-state index is 13.3. The van der Waals surface area contributed by atoms with Crippen LogP contribution in [0.25, 0.3) is 0 Å². The Kier molecular flexibility index (Phi) is 4.35. The van der Waals surface area contributed by atoms with Crippen molar-refractivity contribution in [2.75, 3.05) is 7.05 Å². The molecule has 19 heavy (non-hydrogen) atoms. The Hall–Kier alpha value is -1.65. The van der Waals surface area contributed by atoms with E-state index in [-0.39, 0.29) is 5.02 Å². The molecular weight excluding hydrogens is 267 g/mol. The molecule has 0 unspecified atom stereocenters. The van der Waals surface area contributed by atoms with Gasteiger partial charge in [0, 0.05) is 24.4 Å². The summed E-state index contributed by atoms with van der Waals surface area (Å²) in [6, 6.07) is 6.28. The van der Waals surface area contributed by atoms with Crippen molar-refractivity contribution in [2.24, 2.45) is 0 Å². The molecule has 1 heterocycles. The van der Waals surface area contributed by atoms with E-state index in [1.807, 2.05) is 20.0 Å². The number of rotatable bonds is 4. The molecule has 0 fully saturated rings. The predicted octanol–water partition coefficient (Wildman–Crippen LogP) is 3.69. The first-order valence-electron chi connectivity index (χ1n) is 5.83. The van der Waals surface area contributed by atoms with Gasteiger partial charge in [0.2, 0.25) is 5.88 Å². The van der Waals surface area contributed by atoms with E-state index in [0.29, 0.717) is 11.6 Å². The van der Waals surface area contributed by atoms with Crippen LogP contribution in [0.4, 0.5) is 4.39 Å². The normalized spacial score (nSPS) is 10.5. The maximum atomic E-state index is 13.3. The molecule has 0 bridgehead atoms. The van der Waals surface area contributed by atoms with E-state index >= 15 is 0 Å². The van der Waals surface area contributed by atoms with Gasteiger partial charge in [-0.3, -0.25) is 0 Å². The molecule has 2 aromatic rings. The first-order chi connectivity index (χ1) is 9.10. The number of hydrogen-bond donors (Lipinski definition) is 1. The molecule has 3 nitrogen and oxygen atoms in total. The van der Waals surface area contributed by atoms with Gasteiger partial charge in [0.1, 0.15) is 11.6 Å². The topological polar surface area (TPSA) is 34.2 Å². The third kappa shape index (κ3) is 3.43. The Morgan fingerprint density at radius 2 is 2.16 bits per heavy atom. The third-order valence-corrected chi connectivity index (χ3v) is 2.88. The minimum Gasteiger partial charge on any atom is -0.439 e. The SMILES string of the molecule is CNCc1cnc(Oc2ccc(Cl)c(F)c2)c(C)c1. The van der Waals surface area contributed by atoms with Gasteiger partial charge in [-0.15, -0.1) is 0 Å². The van der Waals surface area contributed by atoms with Crippen LogP contribution in [-0.2, 0) is 6.54 Å². The smallest absolute Gasteiger partial charge is 0.222 e. The first-order valence-corrected chi connectivity index (χ1v) is 6.21. The number of halogens is 2. The van der Waals surface area contributed by atoms with Gasteiger partial charge in [-0.1, -0.05) is 11.6 Å². The number of nitrogens with zero attached hydrogens (tertiary/aromatic N) is 1. The molecule has 0 aliphatic heterocycles. The van der Waals surface area contributed by atoms with E-state index < -0.39 is 5.82 Å². The number of nitrogens with one attached hydrogen (secondary N) is 1. The predicted molar refractivity (Wildman–Crippen MR) is 73.2 cm³/mol. The van der Waals surface area contributed by atoms with Crippen LogP contribution in [0, 0.1) is 12.7 Å². The highest BCUT2D eigenvalue weighted by Gasteiger charge is 2.07. The molecule has 0 spiro atoms. The molecule has 0 atom stereocenters. The summed E-state index contributed by atoms with van der Waals surface area (Å²) in [5, 5.41) is 3.12. The lowest BCUT2D eigenvalue weighted by Crippen LogP contribution is -2.06. The number of hydrogen-bond acceptors (Lipinski definition) is 3. The molecule has 0 saturated carbocycles. The van der Waals surface area contributed by atoms with Crippen molar-refractivity contribution in [1.29, 1.82) is 0 Å². The average Bonchev–Trinajstić information content (AvgIpc) is 2.37. The number of benzene rings is 1. The van der Waals surface area contributed by atoms with Crippen molar-refractivity contribution in [3.63, 3.8) is 0 Å². The van der Waals surface area contributed by atoms with E-state index in [0.717, 1.165) is 17.7 Å². The first kappa shape index (κ1) is 13.8. The van der Waals surface area contributed by atoms with Gasteiger partial charge in [-0.2, -0.15) is 0 Å². The molecule has 100 valence electrons. The van der Waals surface area contributed by atoms with Crippen molar-refractivity contribution in [3.8, 4) is 11.6 Å². The zero-order chi connectivity index (χ0) is 13.8. The molecule has 0 radical (unpaired) electrons. The fourth-order valence-electron chi connectivity index (χ4n) is 1.68. The van der Waals surface area contributed by atoms with Crippen molar-refractivity contribution >= 4 is 11.6 Å². The summed E-state index contributed by atoms with van der Waals surface area (Å²) >= 11 is 5.62. The summed E-state index contributed by atoms with van der Waals surface area (Å²) in [5.41, 5.74) is 1.96. The summed E-state index contributed by atoms with van der Waals surface area (Å²) in [5.74, 6) is 0.323. The average molecular weight is 281 g/mol. The zero-order valence-corrected chi connectivity index (χ0v) is 11.5. The highest BCUT2D eigenvalue weighted by Crippen LogP contribution is 2.26. The van der Waals surface area contributed by atoms with E-state index in [1.54, 1.807) is 12.3 Å². The van der Waals surface area contributed by atoms with Gasteiger partial charge in [0.05, 0.1) is 5.02 Å². The minimum absolute atomic E-state index is 0.0707. The summed E-state index contributed by atoms with van der Waals surface area (Å²) in [6.45, 7) is 2.64. The second kappa shape index (κ2) is 5.99. The second-order valence-electron chi connectivity index (χ2n) is 4.17. The van der Waals surface area contributed by atoms with Crippen LogP contribution in [0.1, 0.15) is 11.1 Å². The van der Waals surface area contributed by atoms with E-state index in [2.05, 4.69) is 10.3 Å². The lowest BCUT2D eigenvalue weighted by Gasteiger charge is -2.09. The van der Waals surface area contributed by atoms with Crippen LogP contribution in [0.5, 0.6) is 11.6 Å². The highest BCUT2D eigenvalue weighted by atomic mass is 35.5. The third-order valence-electron chi connectivity index (χ3n) is 2.57. The molecule has 2 rings (SSSR count). The second-order valence-corrected chi connectivity index (χ2v) is 4.58. The van der Waals surface area contributed by atoms with Crippen LogP contribution in [0.3, 0.4) is 0 Å². The lowest BCUT2D eigenvalue weighted by atomic mass is 10.2. The molecule has 1 aromatic carbocycles. The largest absolute Gasteiger partial charge is 0.439 e. The van der Waals surface area contributed by atoms with Crippen molar-refractivity contribution in [2.45, 2.75) is 13.5 Å². The van der Waals surface area contributed by atoms with Gasteiger partial charge in [0.15, 0.2) is 0 Å². The van der Waals surface area contributed by atoms with Gasteiger partial charge in [-0.25, -0.2) is 9.37 Å². The van der Waals surface area contributed by atoms with E-state index in [4.69, 9.17) is 16.3 Å². The van der Waals surface area contributed by atoms with Gasteiger partial charge in [-0.05, 0) is 37.7 Å². The summed E-state index contributed by atoms with van der Waals surface area (Å²) < 4.78 is 18.9. The monoisotopic (exact) mass is 280 g/mol. The Morgan fingerprint density at radius 3 is 2.79 bits per heavy atom. The quantitative estimate of drug-likeness (QED) is 0.927. The van der Waals surface area contributed by atoms with Gasteiger partial charge in [0.25, 0.3) is 0 Å². The van der Waals surface area contributed by atoms with E-state index in [9.17, 15) is 4.39 Å². The zero-order valence-electron chi connectivity index (χ0n) is 10.7. The van der Waals surface area contributed by atoms with Crippen molar-refractivity contribution in [1.82, 2.24) is 10.3 Å². The van der Waals surface area contributed by atoms with Crippen LogP contribution < -0.4 is 10.1 Å². The standard InChI is InChI=1S/C14H14ClFN2O/c1-9-5-10(7-17-2)8-18-14(9)19-11-3-4-12(15)13(16)6-11/h3-6,8,17H,7H2,1-2H3. The maximum Gasteiger partial charge on any atom is 0.222 e. The molecule has 1 N–H and O–H groups in total. The molecule has 5 heteroatoms. The minimum atomic E-state index is -0.511. The highest BCUT2D eigenvalue weighted by molar-refractivity contribution is 6.30. The molecule has 0 amide bonds. The lowest BCUT2D eigenvalue weighted by molar-refractivity contribution is 0.453. The van der Waals surface area contributed by atoms with E-state index in [1.165, 1.54) is 12.1 Å². The molecule has 0 saturated heterocycles. The van der Waals surface area contributed by atoms with Crippen LogP contribution >= 0.6 is 11.6 Å². The van der Waals surface area contributed by atoms with Gasteiger partial charge < -0.3 is 10.1 Å². The summed E-state index contributed by atoms with van der Waals surface area (Å²) in [7, 11) is 1.87. The molecule has 0 aliphatic rings. The van der Waals surface area contributed by atoms with Gasteiger partial charge >= 0.3 is 0 Å². The molecule has 1 aromatic heterocycles. The fourth-order valence-corrected chi connectivity index (χ4v) is 1.80. The molecule has 0 aliphatic carbocycles. The summed E-state index contributed by atoms with van der Waals surface area (Å²) in [6.07, 6.45) is 1.73. The Labute approximate surface area is 116 Å². The number of aromatic nitrogens is 1. The van der Waals surface area contributed by atoms with Crippen molar-refractivity contribution in [3.05, 3.63) is 52.4 Å².